The van der Waals surface area contributed by atoms with E-state index in [1.807, 2.05) is 18.2 Å². The van der Waals surface area contributed by atoms with Gasteiger partial charge in [-0.2, -0.15) is 5.10 Å². The van der Waals surface area contributed by atoms with Crippen LogP contribution in [-0.2, 0) is 0 Å². The molecule has 0 spiro atoms. The molecule has 0 fully saturated rings. The normalized spacial score (nSPS) is 14.8. The van der Waals surface area contributed by atoms with Gasteiger partial charge in [0.05, 0.1) is 47.3 Å². The standard InChI is InChI=1S/C27H28N2O7/c1-32-22-10-9-16(12-23(22)33-2)20-15-21(17-7-6-8-19(30)11-17)29(28-20)27(31)18-13-24(34-3)26(36-5)25(14-18)35-4/h6-14,21,30H,15H2,1-5H3. The average Bonchev–Trinajstić information content (AvgIpc) is 3.36. The number of hydrogen-bond donors (Lipinski definition) is 1. The van der Waals surface area contributed by atoms with Gasteiger partial charge < -0.3 is 28.8 Å². The van der Waals surface area contributed by atoms with Gasteiger partial charge in [-0.25, -0.2) is 5.01 Å². The molecule has 3 aromatic rings. The lowest BCUT2D eigenvalue weighted by atomic mass is 9.97. The molecule has 0 bridgehead atoms. The molecule has 4 rings (SSSR count). The maximum Gasteiger partial charge on any atom is 0.274 e. The molecular weight excluding hydrogens is 464 g/mol. The van der Waals surface area contributed by atoms with Crippen LogP contribution in [0, 0.1) is 0 Å². The number of carbonyl (C=O) groups excluding carboxylic acids is 1. The average molecular weight is 493 g/mol. The second kappa shape index (κ2) is 10.5. The number of hydrazone groups is 1. The van der Waals surface area contributed by atoms with Crippen molar-refractivity contribution in [3.63, 3.8) is 0 Å². The molecule has 1 N–H and O–H groups in total. The number of methoxy groups -OCH3 is 5. The van der Waals surface area contributed by atoms with Crippen LogP contribution >= 0.6 is 0 Å². The van der Waals surface area contributed by atoms with E-state index in [0.717, 1.165) is 11.1 Å². The predicted octanol–water partition coefficient (Wildman–Crippen LogP) is 4.43. The molecule has 1 unspecified atom stereocenters. The van der Waals surface area contributed by atoms with Gasteiger partial charge in [-0.3, -0.25) is 4.79 Å². The van der Waals surface area contributed by atoms with Crippen molar-refractivity contribution in [3.8, 4) is 34.5 Å². The number of amides is 1. The van der Waals surface area contributed by atoms with Crippen molar-refractivity contribution < 1.29 is 33.6 Å². The summed E-state index contributed by atoms with van der Waals surface area (Å²) >= 11 is 0. The van der Waals surface area contributed by atoms with Crippen molar-refractivity contribution in [1.29, 1.82) is 0 Å². The smallest absolute Gasteiger partial charge is 0.274 e. The van der Waals surface area contributed by atoms with Crippen molar-refractivity contribution in [2.45, 2.75) is 12.5 Å². The second-order valence-corrected chi connectivity index (χ2v) is 8.00. The van der Waals surface area contributed by atoms with Gasteiger partial charge >= 0.3 is 0 Å². The van der Waals surface area contributed by atoms with E-state index < -0.39 is 6.04 Å². The zero-order valence-electron chi connectivity index (χ0n) is 20.8. The van der Waals surface area contributed by atoms with Gasteiger partial charge in [0, 0.05) is 17.5 Å². The number of nitrogens with zero attached hydrogens (tertiary/aromatic N) is 2. The largest absolute Gasteiger partial charge is 0.508 e. The van der Waals surface area contributed by atoms with Crippen molar-refractivity contribution in [1.82, 2.24) is 5.01 Å². The molecule has 1 heterocycles. The number of phenolic OH excluding ortho intramolecular Hbond substituents is 1. The highest BCUT2D eigenvalue weighted by atomic mass is 16.5. The number of phenols is 1. The minimum Gasteiger partial charge on any atom is -0.508 e. The van der Waals surface area contributed by atoms with E-state index in [1.54, 1.807) is 50.6 Å². The molecule has 0 radical (unpaired) electrons. The van der Waals surface area contributed by atoms with E-state index in [0.29, 0.717) is 46.4 Å². The first-order chi connectivity index (χ1) is 17.4. The monoisotopic (exact) mass is 492 g/mol. The van der Waals surface area contributed by atoms with Gasteiger partial charge in [0.2, 0.25) is 5.75 Å². The molecule has 0 aliphatic carbocycles. The topological polar surface area (TPSA) is 99.1 Å². The van der Waals surface area contributed by atoms with Crippen LogP contribution in [0.1, 0.15) is 33.9 Å². The third-order valence-electron chi connectivity index (χ3n) is 6.00. The summed E-state index contributed by atoms with van der Waals surface area (Å²) in [5.41, 5.74) is 2.53. The Morgan fingerprint density at radius 3 is 2.08 bits per heavy atom. The maximum atomic E-state index is 13.8. The summed E-state index contributed by atoms with van der Waals surface area (Å²) in [4.78, 5) is 13.8. The summed E-state index contributed by atoms with van der Waals surface area (Å²) in [5.74, 6) is 1.99. The molecule has 0 saturated carbocycles. The lowest BCUT2D eigenvalue weighted by molar-refractivity contribution is 0.0710. The van der Waals surface area contributed by atoms with Gasteiger partial charge in [0.25, 0.3) is 5.91 Å². The van der Waals surface area contributed by atoms with Gasteiger partial charge in [-0.1, -0.05) is 12.1 Å². The van der Waals surface area contributed by atoms with E-state index in [-0.39, 0.29) is 11.7 Å². The van der Waals surface area contributed by atoms with Crippen LogP contribution in [0.15, 0.2) is 59.7 Å². The summed E-state index contributed by atoms with van der Waals surface area (Å²) < 4.78 is 27.0. The molecule has 9 nitrogen and oxygen atoms in total. The first-order valence-corrected chi connectivity index (χ1v) is 11.2. The Morgan fingerprint density at radius 2 is 1.50 bits per heavy atom. The Bertz CT molecular complexity index is 1280. The quantitative estimate of drug-likeness (QED) is 0.497. The van der Waals surface area contributed by atoms with E-state index in [2.05, 4.69) is 0 Å². The fourth-order valence-electron chi connectivity index (χ4n) is 4.22. The molecule has 1 atom stereocenters. The fourth-order valence-corrected chi connectivity index (χ4v) is 4.22. The van der Waals surface area contributed by atoms with Crippen molar-refractivity contribution in [3.05, 3.63) is 71.3 Å². The Labute approximate surface area is 209 Å². The highest BCUT2D eigenvalue weighted by Crippen LogP contribution is 2.41. The number of hydrogen-bond acceptors (Lipinski definition) is 8. The molecule has 188 valence electrons. The van der Waals surface area contributed by atoms with E-state index in [1.165, 1.54) is 26.3 Å². The SMILES string of the molecule is COc1ccc(C2=NN(C(=O)c3cc(OC)c(OC)c(OC)c3)C(c3cccc(O)c3)C2)cc1OC. The summed E-state index contributed by atoms with van der Waals surface area (Å²) in [6.45, 7) is 0. The first-order valence-electron chi connectivity index (χ1n) is 11.2. The molecule has 1 aliphatic heterocycles. The fraction of sp³-hybridized carbons (Fsp3) is 0.259. The van der Waals surface area contributed by atoms with E-state index in [9.17, 15) is 9.90 Å². The number of ether oxygens (including phenoxy) is 5. The zero-order chi connectivity index (χ0) is 25.8. The molecule has 1 aliphatic rings. The minimum absolute atomic E-state index is 0.104. The van der Waals surface area contributed by atoms with Gasteiger partial charge in [0.15, 0.2) is 23.0 Å². The Balaban J connectivity index is 1.80. The van der Waals surface area contributed by atoms with Gasteiger partial charge in [-0.05, 0) is 48.0 Å². The maximum absolute atomic E-state index is 13.8. The van der Waals surface area contributed by atoms with Crippen LogP contribution in [0.2, 0.25) is 0 Å². The molecule has 1 amide bonds. The highest BCUT2D eigenvalue weighted by Gasteiger charge is 2.35. The van der Waals surface area contributed by atoms with Crippen molar-refractivity contribution in [2.75, 3.05) is 35.5 Å². The van der Waals surface area contributed by atoms with Crippen LogP contribution in [0.3, 0.4) is 0 Å². The molecule has 9 heteroatoms. The molecule has 36 heavy (non-hydrogen) atoms. The third kappa shape index (κ3) is 4.59. The summed E-state index contributed by atoms with van der Waals surface area (Å²) in [7, 11) is 7.61. The lowest BCUT2D eigenvalue weighted by Gasteiger charge is -2.23. The third-order valence-corrected chi connectivity index (χ3v) is 6.00. The van der Waals surface area contributed by atoms with Crippen LogP contribution in [0.25, 0.3) is 0 Å². The van der Waals surface area contributed by atoms with Crippen molar-refractivity contribution in [2.24, 2.45) is 5.10 Å². The molecule has 0 aromatic heterocycles. The van der Waals surface area contributed by atoms with E-state index in [4.69, 9.17) is 28.8 Å². The Hall–Kier alpha value is -4.40. The molecule has 0 saturated heterocycles. The van der Waals surface area contributed by atoms with Gasteiger partial charge in [0.1, 0.15) is 5.75 Å². The van der Waals surface area contributed by atoms with Crippen LogP contribution < -0.4 is 23.7 Å². The van der Waals surface area contributed by atoms with E-state index >= 15 is 0 Å². The number of aromatic hydroxyl groups is 1. The first kappa shape index (κ1) is 24.7. The summed E-state index contributed by atoms with van der Waals surface area (Å²) in [5, 5.41) is 16.2. The summed E-state index contributed by atoms with van der Waals surface area (Å²) in [6.07, 6.45) is 0.426. The Kier molecular flexibility index (Phi) is 7.19. The minimum atomic E-state index is -0.452. The highest BCUT2D eigenvalue weighted by molar-refractivity contribution is 6.05. The summed E-state index contributed by atoms with van der Waals surface area (Å²) in [6, 6.07) is 15.0. The Morgan fingerprint density at radius 1 is 0.833 bits per heavy atom. The molecular formula is C27H28N2O7. The zero-order valence-corrected chi connectivity index (χ0v) is 20.8. The number of carbonyl (C=O) groups is 1. The molecule has 3 aromatic carbocycles. The van der Waals surface area contributed by atoms with Crippen LogP contribution in [-0.4, -0.2) is 57.3 Å². The number of benzene rings is 3. The van der Waals surface area contributed by atoms with Crippen LogP contribution in [0.4, 0.5) is 0 Å². The van der Waals surface area contributed by atoms with Gasteiger partial charge in [-0.15, -0.1) is 0 Å². The number of rotatable bonds is 8. The van der Waals surface area contributed by atoms with Crippen LogP contribution in [0.5, 0.6) is 34.5 Å². The van der Waals surface area contributed by atoms with Crippen molar-refractivity contribution >= 4 is 11.6 Å². The second-order valence-electron chi connectivity index (χ2n) is 8.00. The lowest BCUT2D eigenvalue weighted by Crippen LogP contribution is -2.27. The predicted molar refractivity (Wildman–Crippen MR) is 134 cm³/mol.